The second-order valence-corrected chi connectivity index (χ2v) is 4.40. The fraction of sp³-hybridized carbons (Fsp3) is 0.769. The van der Waals surface area contributed by atoms with E-state index in [0.717, 1.165) is 6.61 Å². The summed E-state index contributed by atoms with van der Waals surface area (Å²) in [5, 5.41) is 0. The molecule has 0 N–H and O–H groups in total. The molecule has 0 aliphatic rings. The zero-order valence-electron chi connectivity index (χ0n) is 11.1. The van der Waals surface area contributed by atoms with Gasteiger partial charge in [-0.1, -0.05) is 39.0 Å². The van der Waals surface area contributed by atoms with Gasteiger partial charge in [0.2, 0.25) is 6.33 Å². The maximum Gasteiger partial charge on any atom is 0.245 e. The van der Waals surface area contributed by atoms with Crippen LogP contribution in [0, 0.1) is 0 Å². The summed E-state index contributed by atoms with van der Waals surface area (Å²) in [6, 6.07) is 0. The zero-order valence-corrected chi connectivity index (χ0v) is 13.2. The molecule has 100 valence electrons. The van der Waals surface area contributed by atoms with Crippen LogP contribution in [0.1, 0.15) is 45.4 Å². The van der Waals surface area contributed by atoms with E-state index in [9.17, 15) is 0 Å². The number of nitrogens with zero attached hydrogens (tertiary/aromatic N) is 2. The van der Waals surface area contributed by atoms with Crippen molar-refractivity contribution in [2.45, 2.75) is 52.2 Å². The highest BCUT2D eigenvalue weighted by Crippen LogP contribution is 2.04. The van der Waals surface area contributed by atoms with Crippen LogP contribution in [-0.2, 0) is 18.5 Å². The Morgan fingerprint density at radius 1 is 1.12 bits per heavy atom. The third-order valence-corrected chi connectivity index (χ3v) is 2.71. The van der Waals surface area contributed by atoms with Crippen LogP contribution < -0.4 is 28.5 Å². The summed E-state index contributed by atoms with van der Waals surface area (Å²) in [5.74, 6) is 0. The van der Waals surface area contributed by atoms with E-state index in [1.165, 1.54) is 38.5 Å². The Morgan fingerprint density at radius 3 is 2.47 bits per heavy atom. The summed E-state index contributed by atoms with van der Waals surface area (Å²) >= 11 is 0. The van der Waals surface area contributed by atoms with E-state index in [1.54, 1.807) is 0 Å². The Balaban J connectivity index is 0.00000256. The molecule has 1 heterocycles. The van der Waals surface area contributed by atoms with Crippen LogP contribution in [0.4, 0.5) is 0 Å². The smallest absolute Gasteiger partial charge is 0.245 e. The summed E-state index contributed by atoms with van der Waals surface area (Å²) in [6.07, 6.45) is 14.0. The first-order valence-corrected chi connectivity index (χ1v) is 6.41. The summed E-state index contributed by atoms with van der Waals surface area (Å²) < 4.78 is 9.66. The minimum atomic E-state index is 0. The quantitative estimate of drug-likeness (QED) is 0.338. The number of imidazole rings is 1. The molecule has 3 nitrogen and oxygen atoms in total. The Kier molecular flexibility index (Phi) is 11.0. The highest BCUT2D eigenvalue weighted by atomic mass is 127. The van der Waals surface area contributed by atoms with Gasteiger partial charge in [-0.3, -0.25) is 0 Å². The number of hydrogen-bond donors (Lipinski definition) is 0. The van der Waals surface area contributed by atoms with Gasteiger partial charge in [-0.05, 0) is 6.42 Å². The lowest BCUT2D eigenvalue weighted by atomic mass is 10.1. The summed E-state index contributed by atoms with van der Waals surface area (Å²) in [4.78, 5) is 0. The average Bonchev–Trinajstić information content (AvgIpc) is 2.68. The van der Waals surface area contributed by atoms with Gasteiger partial charge < -0.3 is 28.7 Å². The summed E-state index contributed by atoms with van der Waals surface area (Å²) in [5.41, 5.74) is 0. The minimum Gasteiger partial charge on any atom is -1.00 e. The van der Waals surface area contributed by atoms with E-state index < -0.39 is 0 Å². The number of hydrogen-bond acceptors (Lipinski definition) is 1. The lowest BCUT2D eigenvalue weighted by Gasteiger charge is -2.01. The van der Waals surface area contributed by atoms with Gasteiger partial charge in [0.15, 0.2) is 6.73 Å². The highest BCUT2D eigenvalue weighted by molar-refractivity contribution is 4.63. The van der Waals surface area contributed by atoms with E-state index in [-0.39, 0.29) is 24.0 Å². The van der Waals surface area contributed by atoms with Crippen molar-refractivity contribution in [3.63, 3.8) is 0 Å². The first-order chi connectivity index (χ1) is 7.83. The van der Waals surface area contributed by atoms with Crippen LogP contribution in [0.5, 0.6) is 0 Å². The molecule has 0 aromatic carbocycles. The number of aromatic nitrogens is 2. The topological polar surface area (TPSA) is 18.0 Å². The van der Waals surface area contributed by atoms with Crippen LogP contribution in [0.2, 0.25) is 0 Å². The fourth-order valence-corrected chi connectivity index (χ4v) is 1.73. The third-order valence-electron chi connectivity index (χ3n) is 2.71. The summed E-state index contributed by atoms with van der Waals surface area (Å²) in [6.45, 7) is 3.81. The first kappa shape index (κ1) is 16.9. The Morgan fingerprint density at radius 2 is 1.82 bits per heavy atom. The number of rotatable bonds is 9. The van der Waals surface area contributed by atoms with E-state index in [4.69, 9.17) is 4.74 Å². The molecular weight excluding hydrogens is 327 g/mol. The van der Waals surface area contributed by atoms with Gasteiger partial charge >= 0.3 is 0 Å². The molecule has 0 saturated heterocycles. The fourth-order valence-electron chi connectivity index (χ4n) is 1.73. The zero-order chi connectivity index (χ0) is 11.6. The van der Waals surface area contributed by atoms with Crippen LogP contribution in [0.25, 0.3) is 0 Å². The van der Waals surface area contributed by atoms with Crippen molar-refractivity contribution < 1.29 is 33.3 Å². The number of aryl methyl sites for hydroxylation is 1. The second kappa shape index (κ2) is 11.0. The molecule has 0 amide bonds. The van der Waals surface area contributed by atoms with Gasteiger partial charge in [-0.2, -0.15) is 0 Å². The molecule has 0 aliphatic carbocycles. The predicted octanol–water partition coefficient (Wildman–Crippen LogP) is -0.349. The monoisotopic (exact) mass is 352 g/mol. The third kappa shape index (κ3) is 8.60. The van der Waals surface area contributed by atoms with Crippen molar-refractivity contribution in [2.24, 2.45) is 7.05 Å². The molecule has 0 atom stereocenters. The normalized spacial score (nSPS) is 10.2. The largest absolute Gasteiger partial charge is 1.00 e. The summed E-state index contributed by atoms with van der Waals surface area (Å²) in [7, 11) is 2.02. The van der Waals surface area contributed by atoms with Crippen LogP contribution in [-0.4, -0.2) is 11.2 Å². The Bertz CT molecular complexity index is 276. The molecule has 17 heavy (non-hydrogen) atoms. The molecule has 0 saturated carbocycles. The number of halogens is 1. The number of ether oxygens (including phenoxy) is 1. The molecule has 4 heteroatoms. The van der Waals surface area contributed by atoms with Crippen molar-refractivity contribution in [3.05, 3.63) is 18.7 Å². The van der Waals surface area contributed by atoms with Crippen LogP contribution in [0.15, 0.2) is 18.7 Å². The van der Waals surface area contributed by atoms with E-state index in [1.807, 2.05) is 30.3 Å². The van der Waals surface area contributed by atoms with Crippen LogP contribution in [0.3, 0.4) is 0 Å². The van der Waals surface area contributed by atoms with Crippen molar-refractivity contribution in [2.75, 3.05) is 6.61 Å². The maximum atomic E-state index is 5.59. The van der Waals surface area contributed by atoms with E-state index in [0.29, 0.717) is 6.73 Å². The van der Waals surface area contributed by atoms with E-state index in [2.05, 4.69) is 11.5 Å². The van der Waals surface area contributed by atoms with Crippen molar-refractivity contribution in [3.8, 4) is 0 Å². The molecule has 0 bridgehead atoms. The van der Waals surface area contributed by atoms with Gasteiger partial charge in [0.05, 0.1) is 13.7 Å². The van der Waals surface area contributed by atoms with Gasteiger partial charge in [0, 0.05) is 0 Å². The molecule has 0 aliphatic heterocycles. The van der Waals surface area contributed by atoms with Gasteiger partial charge in [0.1, 0.15) is 12.4 Å². The first-order valence-electron chi connectivity index (χ1n) is 6.41. The predicted molar refractivity (Wildman–Crippen MR) is 64.9 cm³/mol. The van der Waals surface area contributed by atoms with Gasteiger partial charge in [-0.15, -0.1) is 0 Å². The SMILES string of the molecule is CCCCCCCCOCn1cc[n+](C)c1.[I-]. The molecule has 0 unspecified atom stereocenters. The average molecular weight is 352 g/mol. The Labute approximate surface area is 122 Å². The van der Waals surface area contributed by atoms with Crippen molar-refractivity contribution >= 4 is 0 Å². The molecule has 0 fully saturated rings. The minimum absolute atomic E-state index is 0. The van der Waals surface area contributed by atoms with Crippen molar-refractivity contribution in [1.82, 2.24) is 4.57 Å². The van der Waals surface area contributed by atoms with Gasteiger partial charge in [0.25, 0.3) is 0 Å². The lowest BCUT2D eigenvalue weighted by molar-refractivity contribution is -0.671. The molecule has 1 rings (SSSR count). The van der Waals surface area contributed by atoms with Crippen LogP contribution >= 0.6 is 0 Å². The second-order valence-electron chi connectivity index (χ2n) is 4.40. The standard InChI is InChI=1S/C13H25N2O.HI/c1-3-4-5-6-7-8-11-16-13-15-10-9-14(2)12-15;/h9-10,12H,3-8,11,13H2,1-2H3;1H/q+1;/p-1. The molecule has 1 aromatic heterocycles. The molecule has 1 aromatic rings. The Hall–Kier alpha value is -0.100. The molecule has 0 spiro atoms. The molecule has 0 radical (unpaired) electrons. The molecular formula is C13H25IN2O. The number of unbranched alkanes of at least 4 members (excludes halogenated alkanes) is 5. The van der Waals surface area contributed by atoms with E-state index >= 15 is 0 Å². The lowest BCUT2D eigenvalue weighted by Crippen LogP contribution is -3.00. The van der Waals surface area contributed by atoms with Crippen molar-refractivity contribution in [1.29, 1.82) is 0 Å². The maximum absolute atomic E-state index is 5.59. The highest BCUT2D eigenvalue weighted by Gasteiger charge is 1.98. The van der Waals surface area contributed by atoms with Gasteiger partial charge in [-0.25, -0.2) is 9.13 Å².